The monoisotopic (exact) mass is 281 g/mol. The second-order valence-electron chi connectivity index (χ2n) is 4.48. The fourth-order valence-corrected chi connectivity index (χ4v) is 2.04. The molecule has 0 aliphatic heterocycles. The van der Waals surface area contributed by atoms with Crippen LogP contribution in [0, 0.1) is 0 Å². The third-order valence-corrected chi connectivity index (χ3v) is 3.14. The van der Waals surface area contributed by atoms with Gasteiger partial charge in [-0.3, -0.25) is 0 Å². The zero-order valence-electron chi connectivity index (χ0n) is 11.7. The number of aromatic nitrogens is 4. The standard InChI is InChI=1S/C15H15N5O/c1-21-12-4-2-11(3-5-12)6-7-17-14-13-15(20-10-19-14)18-9-8-16-13/h2-5,8-10H,6-7H2,1H3,(H,17,18,19,20). The molecule has 106 valence electrons. The van der Waals surface area contributed by atoms with E-state index in [1.165, 1.54) is 11.9 Å². The van der Waals surface area contributed by atoms with E-state index in [2.05, 4.69) is 37.4 Å². The van der Waals surface area contributed by atoms with Gasteiger partial charge in [0.15, 0.2) is 11.5 Å². The Labute approximate surface area is 122 Å². The molecule has 0 aliphatic rings. The number of rotatable bonds is 5. The molecular formula is C15H15N5O. The Morgan fingerprint density at radius 1 is 1.00 bits per heavy atom. The summed E-state index contributed by atoms with van der Waals surface area (Å²) in [4.78, 5) is 16.7. The average Bonchev–Trinajstić information content (AvgIpc) is 2.56. The topological polar surface area (TPSA) is 72.8 Å². The second-order valence-corrected chi connectivity index (χ2v) is 4.48. The molecule has 3 rings (SSSR count). The summed E-state index contributed by atoms with van der Waals surface area (Å²) in [5.74, 6) is 1.57. The zero-order chi connectivity index (χ0) is 14.5. The van der Waals surface area contributed by atoms with Crippen LogP contribution >= 0.6 is 0 Å². The second kappa shape index (κ2) is 6.13. The van der Waals surface area contributed by atoms with Gasteiger partial charge in [0.05, 0.1) is 7.11 Å². The number of methoxy groups -OCH3 is 1. The number of fused-ring (bicyclic) bond motifs is 1. The minimum absolute atomic E-state index is 0.597. The van der Waals surface area contributed by atoms with Crippen LogP contribution in [0.25, 0.3) is 11.2 Å². The number of anilines is 1. The molecule has 6 heteroatoms. The lowest BCUT2D eigenvalue weighted by atomic mass is 10.1. The molecule has 2 aromatic heterocycles. The first kappa shape index (κ1) is 13.2. The smallest absolute Gasteiger partial charge is 0.183 e. The number of benzene rings is 1. The van der Waals surface area contributed by atoms with Gasteiger partial charge in [-0.25, -0.2) is 19.9 Å². The van der Waals surface area contributed by atoms with Crippen molar-refractivity contribution in [2.75, 3.05) is 19.0 Å². The van der Waals surface area contributed by atoms with Crippen molar-refractivity contribution in [3.63, 3.8) is 0 Å². The van der Waals surface area contributed by atoms with Crippen molar-refractivity contribution in [3.8, 4) is 5.75 Å². The first-order chi connectivity index (χ1) is 10.4. The maximum Gasteiger partial charge on any atom is 0.183 e. The Bertz CT molecular complexity index is 724. The predicted octanol–water partition coefficient (Wildman–Crippen LogP) is 2.08. The molecule has 0 fully saturated rings. The first-order valence-electron chi connectivity index (χ1n) is 6.65. The summed E-state index contributed by atoms with van der Waals surface area (Å²) in [5, 5.41) is 3.28. The molecule has 0 bridgehead atoms. The van der Waals surface area contributed by atoms with Gasteiger partial charge in [-0.15, -0.1) is 0 Å². The van der Waals surface area contributed by atoms with E-state index in [-0.39, 0.29) is 0 Å². The van der Waals surface area contributed by atoms with Crippen LogP contribution in [0.4, 0.5) is 5.82 Å². The Morgan fingerprint density at radius 3 is 2.62 bits per heavy atom. The lowest BCUT2D eigenvalue weighted by molar-refractivity contribution is 0.414. The van der Waals surface area contributed by atoms with E-state index in [0.29, 0.717) is 17.0 Å². The fraction of sp³-hybridized carbons (Fsp3) is 0.200. The molecular weight excluding hydrogens is 266 g/mol. The lowest BCUT2D eigenvalue weighted by Gasteiger charge is -2.07. The van der Waals surface area contributed by atoms with Gasteiger partial charge in [0, 0.05) is 18.9 Å². The van der Waals surface area contributed by atoms with Crippen molar-refractivity contribution in [3.05, 3.63) is 48.5 Å². The quantitative estimate of drug-likeness (QED) is 0.772. The fourth-order valence-electron chi connectivity index (χ4n) is 2.04. The molecule has 0 atom stereocenters. The van der Waals surface area contributed by atoms with Crippen molar-refractivity contribution in [1.29, 1.82) is 0 Å². The highest BCUT2D eigenvalue weighted by Gasteiger charge is 2.04. The van der Waals surface area contributed by atoms with Crippen molar-refractivity contribution < 1.29 is 4.74 Å². The first-order valence-corrected chi connectivity index (χ1v) is 6.65. The molecule has 0 amide bonds. The summed E-state index contributed by atoms with van der Waals surface area (Å²) in [7, 11) is 1.66. The molecule has 0 radical (unpaired) electrons. The molecule has 6 nitrogen and oxygen atoms in total. The van der Waals surface area contributed by atoms with Crippen LogP contribution in [0.2, 0.25) is 0 Å². The summed E-state index contributed by atoms with van der Waals surface area (Å²) in [5.41, 5.74) is 2.52. The Kier molecular flexibility index (Phi) is 3.86. The summed E-state index contributed by atoms with van der Waals surface area (Å²) in [6.45, 7) is 0.759. The van der Waals surface area contributed by atoms with E-state index < -0.39 is 0 Å². The van der Waals surface area contributed by atoms with Gasteiger partial charge in [0.25, 0.3) is 0 Å². The van der Waals surface area contributed by atoms with Crippen LogP contribution in [0.5, 0.6) is 5.75 Å². The number of hydrogen-bond acceptors (Lipinski definition) is 6. The van der Waals surface area contributed by atoms with Gasteiger partial charge in [0.1, 0.15) is 17.6 Å². The lowest BCUT2D eigenvalue weighted by Crippen LogP contribution is -2.07. The van der Waals surface area contributed by atoms with Gasteiger partial charge in [0.2, 0.25) is 0 Å². The maximum atomic E-state index is 5.14. The van der Waals surface area contributed by atoms with Gasteiger partial charge in [-0.2, -0.15) is 0 Å². The highest BCUT2D eigenvalue weighted by atomic mass is 16.5. The molecule has 0 aliphatic carbocycles. The molecule has 21 heavy (non-hydrogen) atoms. The molecule has 1 N–H and O–H groups in total. The largest absolute Gasteiger partial charge is 0.497 e. The minimum Gasteiger partial charge on any atom is -0.497 e. The average molecular weight is 281 g/mol. The maximum absolute atomic E-state index is 5.14. The Hall–Kier alpha value is -2.76. The number of hydrogen-bond donors (Lipinski definition) is 1. The van der Waals surface area contributed by atoms with E-state index >= 15 is 0 Å². The molecule has 2 heterocycles. The summed E-state index contributed by atoms with van der Waals surface area (Å²) >= 11 is 0. The third kappa shape index (κ3) is 3.05. The number of nitrogens with one attached hydrogen (secondary N) is 1. The van der Waals surface area contributed by atoms with E-state index in [1.807, 2.05) is 12.1 Å². The predicted molar refractivity (Wildman–Crippen MR) is 80.3 cm³/mol. The van der Waals surface area contributed by atoms with E-state index in [4.69, 9.17) is 4.74 Å². The molecule has 0 saturated heterocycles. The Balaban J connectivity index is 1.66. The van der Waals surface area contributed by atoms with Crippen LogP contribution in [0.3, 0.4) is 0 Å². The van der Waals surface area contributed by atoms with Gasteiger partial charge in [-0.1, -0.05) is 12.1 Å². The minimum atomic E-state index is 0.597. The SMILES string of the molecule is COc1ccc(CCNc2ncnc3nccnc23)cc1. The summed E-state index contributed by atoms with van der Waals surface area (Å²) < 4.78 is 5.14. The third-order valence-electron chi connectivity index (χ3n) is 3.14. The van der Waals surface area contributed by atoms with Crippen molar-refractivity contribution in [2.24, 2.45) is 0 Å². The normalized spacial score (nSPS) is 10.5. The van der Waals surface area contributed by atoms with Gasteiger partial charge < -0.3 is 10.1 Å². The van der Waals surface area contributed by atoms with Gasteiger partial charge >= 0.3 is 0 Å². The van der Waals surface area contributed by atoms with Crippen LogP contribution in [0.15, 0.2) is 43.0 Å². The summed E-state index contributed by atoms with van der Waals surface area (Å²) in [6.07, 6.45) is 5.64. The van der Waals surface area contributed by atoms with Crippen molar-refractivity contribution >= 4 is 17.0 Å². The molecule has 0 saturated carbocycles. The number of ether oxygens (including phenoxy) is 1. The molecule has 1 aromatic carbocycles. The van der Waals surface area contributed by atoms with Crippen LogP contribution < -0.4 is 10.1 Å². The van der Waals surface area contributed by atoms with Crippen LogP contribution in [-0.2, 0) is 6.42 Å². The highest BCUT2D eigenvalue weighted by Crippen LogP contribution is 2.14. The zero-order valence-corrected chi connectivity index (χ0v) is 11.7. The summed E-state index contributed by atoms with van der Waals surface area (Å²) in [6, 6.07) is 8.03. The van der Waals surface area contributed by atoms with E-state index in [0.717, 1.165) is 18.7 Å². The van der Waals surface area contributed by atoms with Crippen LogP contribution in [0.1, 0.15) is 5.56 Å². The molecule has 0 unspecified atom stereocenters. The molecule has 0 spiro atoms. The van der Waals surface area contributed by atoms with Crippen molar-refractivity contribution in [2.45, 2.75) is 6.42 Å². The Morgan fingerprint density at radius 2 is 1.81 bits per heavy atom. The van der Waals surface area contributed by atoms with Crippen LogP contribution in [-0.4, -0.2) is 33.6 Å². The molecule has 3 aromatic rings. The van der Waals surface area contributed by atoms with E-state index in [1.54, 1.807) is 19.5 Å². The van der Waals surface area contributed by atoms with E-state index in [9.17, 15) is 0 Å². The van der Waals surface area contributed by atoms with Gasteiger partial charge in [-0.05, 0) is 24.1 Å². The highest BCUT2D eigenvalue weighted by molar-refractivity contribution is 5.81. The number of nitrogens with zero attached hydrogens (tertiary/aromatic N) is 4. The van der Waals surface area contributed by atoms with Crippen molar-refractivity contribution in [1.82, 2.24) is 19.9 Å².